The number of phenols is 1. The third-order valence-electron chi connectivity index (χ3n) is 3.20. The van der Waals surface area contributed by atoms with Crippen LogP contribution in [0.25, 0.3) is 0 Å². The summed E-state index contributed by atoms with van der Waals surface area (Å²) in [6.45, 7) is 2.71. The Kier molecular flexibility index (Phi) is 4.81. The minimum absolute atomic E-state index is 0.00954. The van der Waals surface area contributed by atoms with Crippen LogP contribution in [0, 0.1) is 0 Å². The van der Waals surface area contributed by atoms with Gasteiger partial charge in [0.05, 0.1) is 14.2 Å². The zero-order chi connectivity index (χ0) is 15.2. The van der Waals surface area contributed by atoms with Gasteiger partial charge in [-0.05, 0) is 29.7 Å². The molecule has 0 saturated carbocycles. The molecule has 0 aliphatic carbocycles. The highest BCUT2D eigenvalue weighted by molar-refractivity contribution is 5.53. The molecule has 0 amide bonds. The molecule has 1 aromatic carbocycles. The fourth-order valence-electron chi connectivity index (χ4n) is 1.95. The van der Waals surface area contributed by atoms with E-state index >= 15 is 0 Å². The number of aromatic nitrogens is 2. The summed E-state index contributed by atoms with van der Waals surface area (Å²) >= 11 is 0. The molecule has 2 rings (SSSR count). The average Bonchev–Trinajstić information content (AvgIpc) is 2.53. The van der Waals surface area contributed by atoms with Gasteiger partial charge in [0.2, 0.25) is 11.7 Å². The van der Waals surface area contributed by atoms with Crippen molar-refractivity contribution in [3.8, 4) is 17.2 Å². The van der Waals surface area contributed by atoms with Gasteiger partial charge in [0.15, 0.2) is 11.5 Å². The van der Waals surface area contributed by atoms with Crippen LogP contribution in [0.1, 0.15) is 18.4 Å². The Labute approximate surface area is 123 Å². The molecular formula is C15H19N3O3. The summed E-state index contributed by atoms with van der Waals surface area (Å²) in [4.78, 5) is 8.23. The zero-order valence-corrected chi connectivity index (χ0v) is 12.3. The molecule has 2 aromatic rings. The van der Waals surface area contributed by atoms with E-state index in [0.29, 0.717) is 24.0 Å². The van der Waals surface area contributed by atoms with Crippen LogP contribution in [0.15, 0.2) is 30.6 Å². The molecule has 0 aliphatic rings. The Hall–Kier alpha value is -2.50. The van der Waals surface area contributed by atoms with Crippen LogP contribution in [0.3, 0.4) is 0 Å². The molecule has 0 aliphatic heterocycles. The third kappa shape index (κ3) is 3.53. The van der Waals surface area contributed by atoms with Crippen molar-refractivity contribution in [1.82, 2.24) is 9.97 Å². The van der Waals surface area contributed by atoms with Crippen molar-refractivity contribution in [3.63, 3.8) is 0 Å². The molecule has 1 heterocycles. The first kappa shape index (κ1) is 14.9. The molecule has 0 saturated heterocycles. The number of anilines is 1. The van der Waals surface area contributed by atoms with Crippen molar-refractivity contribution in [2.75, 3.05) is 26.1 Å². The van der Waals surface area contributed by atoms with E-state index in [1.54, 1.807) is 30.6 Å². The molecule has 0 fully saturated rings. The van der Waals surface area contributed by atoms with Crippen molar-refractivity contribution in [2.24, 2.45) is 0 Å². The number of methoxy groups -OCH3 is 2. The summed E-state index contributed by atoms with van der Waals surface area (Å²) in [6.07, 6.45) is 3.37. The highest BCUT2D eigenvalue weighted by Crippen LogP contribution is 2.38. The fraction of sp³-hybridized carbons (Fsp3) is 0.333. The van der Waals surface area contributed by atoms with Gasteiger partial charge in [-0.1, -0.05) is 6.92 Å². The molecule has 112 valence electrons. The minimum Gasteiger partial charge on any atom is -0.502 e. The Morgan fingerprint density at radius 2 is 1.71 bits per heavy atom. The zero-order valence-electron chi connectivity index (χ0n) is 12.3. The quantitative estimate of drug-likeness (QED) is 0.850. The SMILES string of the molecule is COc1cc(C(C)CNc2ncccn2)cc(OC)c1O. The number of rotatable bonds is 6. The van der Waals surface area contributed by atoms with Gasteiger partial charge >= 0.3 is 0 Å². The van der Waals surface area contributed by atoms with Crippen LogP contribution in [0.4, 0.5) is 5.95 Å². The Bertz CT molecular complexity index is 565. The number of ether oxygens (including phenoxy) is 2. The van der Waals surface area contributed by atoms with Crippen LogP contribution in [-0.2, 0) is 0 Å². The maximum atomic E-state index is 9.92. The summed E-state index contributed by atoms with van der Waals surface area (Å²) in [5.41, 5.74) is 0.991. The van der Waals surface area contributed by atoms with Gasteiger partial charge in [-0.25, -0.2) is 9.97 Å². The van der Waals surface area contributed by atoms with Gasteiger partial charge in [-0.15, -0.1) is 0 Å². The topological polar surface area (TPSA) is 76.5 Å². The molecule has 1 unspecified atom stereocenters. The molecule has 1 aromatic heterocycles. The summed E-state index contributed by atoms with van der Waals surface area (Å²) in [5, 5.41) is 13.1. The van der Waals surface area contributed by atoms with Crippen molar-refractivity contribution in [2.45, 2.75) is 12.8 Å². The van der Waals surface area contributed by atoms with Crippen LogP contribution in [0.5, 0.6) is 17.2 Å². The van der Waals surface area contributed by atoms with Crippen LogP contribution in [0.2, 0.25) is 0 Å². The van der Waals surface area contributed by atoms with Crippen molar-refractivity contribution in [3.05, 3.63) is 36.2 Å². The molecular weight excluding hydrogens is 270 g/mol. The first-order chi connectivity index (χ1) is 10.2. The predicted octanol–water partition coefficient (Wildman–Crippen LogP) is 2.42. The molecule has 0 bridgehead atoms. The summed E-state index contributed by atoms with van der Waals surface area (Å²) in [6, 6.07) is 5.37. The molecule has 0 radical (unpaired) electrons. The van der Waals surface area contributed by atoms with Gasteiger partial charge in [0.25, 0.3) is 0 Å². The average molecular weight is 289 g/mol. The number of benzene rings is 1. The fourth-order valence-corrected chi connectivity index (χ4v) is 1.95. The molecule has 2 N–H and O–H groups in total. The number of nitrogens with zero attached hydrogens (tertiary/aromatic N) is 2. The van der Waals surface area contributed by atoms with Gasteiger partial charge in [-0.2, -0.15) is 0 Å². The Balaban J connectivity index is 2.13. The smallest absolute Gasteiger partial charge is 0.222 e. The second kappa shape index (κ2) is 6.78. The van der Waals surface area contributed by atoms with Gasteiger partial charge < -0.3 is 19.9 Å². The van der Waals surface area contributed by atoms with E-state index in [1.807, 2.05) is 0 Å². The maximum absolute atomic E-state index is 9.92. The molecule has 1 atom stereocenters. The number of phenolic OH excluding ortho intramolecular Hbond substituents is 1. The van der Waals surface area contributed by atoms with E-state index < -0.39 is 0 Å². The molecule has 21 heavy (non-hydrogen) atoms. The second-order valence-electron chi connectivity index (χ2n) is 4.63. The van der Waals surface area contributed by atoms with E-state index in [0.717, 1.165) is 5.56 Å². The molecule has 6 heteroatoms. The van der Waals surface area contributed by atoms with E-state index in [2.05, 4.69) is 22.2 Å². The number of hydrogen-bond donors (Lipinski definition) is 2. The van der Waals surface area contributed by atoms with Crippen LogP contribution < -0.4 is 14.8 Å². The van der Waals surface area contributed by atoms with Gasteiger partial charge in [-0.3, -0.25) is 0 Å². The summed E-state index contributed by atoms with van der Waals surface area (Å²) < 4.78 is 10.3. The summed E-state index contributed by atoms with van der Waals surface area (Å²) in [7, 11) is 3.03. The van der Waals surface area contributed by atoms with E-state index in [-0.39, 0.29) is 11.7 Å². The highest BCUT2D eigenvalue weighted by Gasteiger charge is 2.15. The lowest BCUT2D eigenvalue weighted by Gasteiger charge is -2.16. The highest BCUT2D eigenvalue weighted by atomic mass is 16.5. The van der Waals surface area contributed by atoms with Crippen LogP contribution >= 0.6 is 0 Å². The van der Waals surface area contributed by atoms with Crippen LogP contribution in [-0.4, -0.2) is 35.8 Å². The van der Waals surface area contributed by atoms with Gasteiger partial charge in [0, 0.05) is 18.9 Å². The van der Waals surface area contributed by atoms with Gasteiger partial charge in [0.1, 0.15) is 0 Å². The lowest BCUT2D eigenvalue weighted by molar-refractivity contribution is 0.339. The third-order valence-corrected chi connectivity index (χ3v) is 3.20. The van der Waals surface area contributed by atoms with Crippen molar-refractivity contribution in [1.29, 1.82) is 0 Å². The lowest BCUT2D eigenvalue weighted by atomic mass is 10.00. The van der Waals surface area contributed by atoms with Crippen molar-refractivity contribution >= 4 is 5.95 Å². The number of nitrogens with one attached hydrogen (secondary N) is 1. The minimum atomic E-state index is 0.00954. The normalized spacial score (nSPS) is 11.8. The molecule has 0 spiro atoms. The first-order valence-electron chi connectivity index (χ1n) is 6.61. The number of aromatic hydroxyl groups is 1. The standard InChI is InChI=1S/C15H19N3O3/c1-10(9-18-15-16-5-4-6-17-15)11-7-12(20-2)14(19)13(8-11)21-3/h4-8,10,19H,9H2,1-3H3,(H,16,17,18). The first-order valence-corrected chi connectivity index (χ1v) is 6.61. The summed E-state index contributed by atoms with van der Waals surface area (Å²) in [5.74, 6) is 1.55. The second-order valence-corrected chi connectivity index (χ2v) is 4.63. The lowest BCUT2D eigenvalue weighted by Crippen LogP contribution is -2.12. The predicted molar refractivity (Wildman–Crippen MR) is 80.1 cm³/mol. The number of hydrogen-bond acceptors (Lipinski definition) is 6. The van der Waals surface area contributed by atoms with Crippen molar-refractivity contribution < 1.29 is 14.6 Å². The maximum Gasteiger partial charge on any atom is 0.222 e. The van der Waals surface area contributed by atoms with E-state index in [4.69, 9.17) is 9.47 Å². The Morgan fingerprint density at radius 1 is 1.14 bits per heavy atom. The largest absolute Gasteiger partial charge is 0.502 e. The monoisotopic (exact) mass is 289 g/mol. The van der Waals surface area contributed by atoms with E-state index in [9.17, 15) is 5.11 Å². The Morgan fingerprint density at radius 3 is 2.24 bits per heavy atom. The van der Waals surface area contributed by atoms with E-state index in [1.165, 1.54) is 14.2 Å². The molecule has 6 nitrogen and oxygen atoms in total.